The zero-order valence-corrected chi connectivity index (χ0v) is 11.0. The molecule has 0 N–H and O–H groups in total. The van der Waals surface area contributed by atoms with Gasteiger partial charge in [0.2, 0.25) is 5.91 Å². The maximum atomic E-state index is 12.5. The minimum absolute atomic E-state index is 0.0569. The van der Waals surface area contributed by atoms with Crippen molar-refractivity contribution in [2.45, 2.75) is 52.9 Å². The Bertz CT molecular complexity index is 264. The summed E-state index contributed by atoms with van der Waals surface area (Å²) >= 11 is 0. The Balaban J connectivity index is 2.00. The van der Waals surface area contributed by atoms with E-state index in [0.29, 0.717) is 11.8 Å². The average Bonchev–Trinajstić information content (AvgIpc) is 2.52. The molecule has 16 heavy (non-hydrogen) atoms. The SMILES string of the molecule is CC(C)CN1CCC2(CCC(C)CC2)C1=O. The molecule has 92 valence electrons. The summed E-state index contributed by atoms with van der Waals surface area (Å²) in [7, 11) is 0. The van der Waals surface area contributed by atoms with Crippen molar-refractivity contribution in [2.75, 3.05) is 13.1 Å². The van der Waals surface area contributed by atoms with Gasteiger partial charge in [-0.1, -0.05) is 20.8 Å². The summed E-state index contributed by atoms with van der Waals surface area (Å²) < 4.78 is 0. The fourth-order valence-electron chi connectivity index (χ4n) is 3.29. The van der Waals surface area contributed by atoms with E-state index in [1.165, 1.54) is 12.8 Å². The number of rotatable bonds is 2. The monoisotopic (exact) mass is 223 g/mol. The van der Waals surface area contributed by atoms with Crippen molar-refractivity contribution in [3.8, 4) is 0 Å². The quantitative estimate of drug-likeness (QED) is 0.704. The van der Waals surface area contributed by atoms with Crippen LogP contribution in [-0.4, -0.2) is 23.9 Å². The van der Waals surface area contributed by atoms with Gasteiger partial charge in [0, 0.05) is 13.1 Å². The van der Waals surface area contributed by atoms with Gasteiger partial charge in [0.1, 0.15) is 0 Å². The Hall–Kier alpha value is -0.530. The van der Waals surface area contributed by atoms with Crippen LogP contribution in [0.3, 0.4) is 0 Å². The molecule has 0 aromatic rings. The van der Waals surface area contributed by atoms with Gasteiger partial charge in [-0.3, -0.25) is 4.79 Å². The Labute approximate surface area is 99.4 Å². The minimum atomic E-state index is 0.0569. The molecule has 0 radical (unpaired) electrons. The molecule has 2 heteroatoms. The van der Waals surface area contributed by atoms with E-state index in [1.54, 1.807) is 0 Å². The first-order valence-electron chi connectivity index (χ1n) is 6.83. The number of amides is 1. The summed E-state index contributed by atoms with van der Waals surface area (Å²) in [4.78, 5) is 14.6. The van der Waals surface area contributed by atoms with Crippen molar-refractivity contribution in [3.63, 3.8) is 0 Å². The molecular weight excluding hydrogens is 198 g/mol. The summed E-state index contributed by atoms with van der Waals surface area (Å²) in [5, 5.41) is 0. The second-order valence-electron chi connectivity index (χ2n) is 6.36. The van der Waals surface area contributed by atoms with Crippen molar-refractivity contribution >= 4 is 5.91 Å². The van der Waals surface area contributed by atoms with Crippen molar-refractivity contribution in [1.82, 2.24) is 4.90 Å². The maximum absolute atomic E-state index is 12.5. The Kier molecular flexibility index (Phi) is 3.27. The van der Waals surface area contributed by atoms with Crippen LogP contribution in [0.25, 0.3) is 0 Å². The molecule has 1 spiro atoms. The van der Waals surface area contributed by atoms with Gasteiger partial charge in [0.05, 0.1) is 5.41 Å². The van der Waals surface area contributed by atoms with Crippen LogP contribution in [-0.2, 0) is 4.79 Å². The molecule has 2 nitrogen and oxygen atoms in total. The van der Waals surface area contributed by atoms with Crippen LogP contribution >= 0.6 is 0 Å². The number of hydrogen-bond donors (Lipinski definition) is 0. The second-order valence-corrected chi connectivity index (χ2v) is 6.36. The van der Waals surface area contributed by atoms with Gasteiger partial charge in [-0.2, -0.15) is 0 Å². The zero-order chi connectivity index (χ0) is 11.8. The van der Waals surface area contributed by atoms with E-state index in [0.717, 1.165) is 38.3 Å². The molecular formula is C14H25NO. The molecule has 2 rings (SSSR count). The lowest BCUT2D eigenvalue weighted by molar-refractivity contribution is -0.138. The topological polar surface area (TPSA) is 20.3 Å². The van der Waals surface area contributed by atoms with Crippen LogP contribution in [0.5, 0.6) is 0 Å². The van der Waals surface area contributed by atoms with Crippen molar-refractivity contribution in [2.24, 2.45) is 17.3 Å². The molecule has 1 saturated carbocycles. The predicted octanol–water partition coefficient (Wildman–Crippen LogP) is 3.07. The fraction of sp³-hybridized carbons (Fsp3) is 0.929. The van der Waals surface area contributed by atoms with Crippen molar-refractivity contribution < 1.29 is 4.79 Å². The first-order valence-corrected chi connectivity index (χ1v) is 6.83. The first kappa shape index (κ1) is 11.9. The van der Waals surface area contributed by atoms with Gasteiger partial charge in [-0.25, -0.2) is 0 Å². The summed E-state index contributed by atoms with van der Waals surface area (Å²) in [5.74, 6) is 1.90. The molecule has 0 aromatic heterocycles. The standard InChI is InChI=1S/C14H25NO/c1-11(2)10-15-9-8-14(13(15)16)6-4-12(3)5-7-14/h11-12H,4-10H2,1-3H3. The van der Waals surface area contributed by atoms with E-state index < -0.39 is 0 Å². The zero-order valence-electron chi connectivity index (χ0n) is 11.0. The average molecular weight is 223 g/mol. The molecule has 0 unspecified atom stereocenters. The van der Waals surface area contributed by atoms with E-state index >= 15 is 0 Å². The van der Waals surface area contributed by atoms with Crippen LogP contribution in [0, 0.1) is 17.3 Å². The van der Waals surface area contributed by atoms with E-state index in [-0.39, 0.29) is 5.41 Å². The van der Waals surface area contributed by atoms with Gasteiger partial charge in [0.15, 0.2) is 0 Å². The first-order chi connectivity index (χ1) is 7.53. The smallest absolute Gasteiger partial charge is 0.228 e. The van der Waals surface area contributed by atoms with Crippen LogP contribution in [0.15, 0.2) is 0 Å². The summed E-state index contributed by atoms with van der Waals surface area (Å²) in [6.07, 6.45) is 5.90. The van der Waals surface area contributed by atoms with Crippen molar-refractivity contribution in [3.05, 3.63) is 0 Å². The molecule has 0 aromatic carbocycles. The summed E-state index contributed by atoms with van der Waals surface area (Å²) in [6.45, 7) is 8.67. The molecule has 1 heterocycles. The molecule has 1 amide bonds. The van der Waals surface area contributed by atoms with Gasteiger partial charge < -0.3 is 4.90 Å². The molecule has 0 atom stereocenters. The number of carbonyl (C=O) groups excluding carboxylic acids is 1. The Morgan fingerprint density at radius 3 is 2.50 bits per heavy atom. The lowest BCUT2D eigenvalue weighted by Crippen LogP contribution is -2.38. The second kappa shape index (κ2) is 4.38. The highest BCUT2D eigenvalue weighted by atomic mass is 16.2. The molecule has 1 aliphatic carbocycles. The number of likely N-dealkylation sites (tertiary alicyclic amines) is 1. The van der Waals surface area contributed by atoms with E-state index in [1.807, 2.05) is 0 Å². The molecule has 0 bridgehead atoms. The summed E-state index contributed by atoms with van der Waals surface area (Å²) in [5.41, 5.74) is 0.0569. The Morgan fingerprint density at radius 2 is 1.94 bits per heavy atom. The maximum Gasteiger partial charge on any atom is 0.228 e. The molecule has 1 aliphatic heterocycles. The van der Waals surface area contributed by atoms with E-state index in [9.17, 15) is 4.79 Å². The summed E-state index contributed by atoms with van der Waals surface area (Å²) in [6, 6.07) is 0. The van der Waals surface area contributed by atoms with Gasteiger partial charge in [-0.15, -0.1) is 0 Å². The van der Waals surface area contributed by atoms with Crippen LogP contribution in [0.4, 0.5) is 0 Å². The van der Waals surface area contributed by atoms with Crippen LogP contribution in [0.2, 0.25) is 0 Å². The predicted molar refractivity (Wildman–Crippen MR) is 66.1 cm³/mol. The van der Waals surface area contributed by atoms with E-state index in [2.05, 4.69) is 25.7 Å². The molecule has 2 aliphatic rings. The lowest BCUT2D eigenvalue weighted by Gasteiger charge is -2.34. The number of carbonyl (C=O) groups is 1. The van der Waals surface area contributed by atoms with Crippen molar-refractivity contribution in [1.29, 1.82) is 0 Å². The lowest BCUT2D eigenvalue weighted by atomic mass is 9.70. The van der Waals surface area contributed by atoms with Gasteiger partial charge >= 0.3 is 0 Å². The highest BCUT2D eigenvalue weighted by Crippen LogP contribution is 2.46. The molecule has 1 saturated heterocycles. The third kappa shape index (κ3) is 2.11. The fourth-order valence-corrected chi connectivity index (χ4v) is 3.29. The minimum Gasteiger partial charge on any atom is -0.342 e. The number of nitrogens with zero attached hydrogens (tertiary/aromatic N) is 1. The normalized spacial score (nSPS) is 35.4. The van der Waals surface area contributed by atoms with E-state index in [4.69, 9.17) is 0 Å². The largest absolute Gasteiger partial charge is 0.342 e. The highest BCUT2D eigenvalue weighted by Gasteiger charge is 2.47. The highest BCUT2D eigenvalue weighted by molar-refractivity contribution is 5.84. The van der Waals surface area contributed by atoms with Crippen LogP contribution in [0.1, 0.15) is 52.9 Å². The third-order valence-corrected chi connectivity index (χ3v) is 4.42. The third-order valence-electron chi connectivity index (χ3n) is 4.42. The Morgan fingerprint density at radius 1 is 1.31 bits per heavy atom. The van der Waals surface area contributed by atoms with Gasteiger partial charge in [-0.05, 0) is 43.9 Å². The molecule has 2 fully saturated rings. The number of hydrogen-bond acceptors (Lipinski definition) is 1. The van der Waals surface area contributed by atoms with Crippen LogP contribution < -0.4 is 0 Å². The van der Waals surface area contributed by atoms with Gasteiger partial charge in [0.25, 0.3) is 0 Å².